The van der Waals surface area contributed by atoms with E-state index in [4.69, 9.17) is 14.2 Å². The van der Waals surface area contributed by atoms with Gasteiger partial charge in [0, 0.05) is 36.0 Å². The van der Waals surface area contributed by atoms with Gasteiger partial charge in [0.1, 0.15) is 13.2 Å². The SMILES string of the molecule is O=C(CCC(=O)c1ccccc1)OCC(COC(=O)CCC(=O)c1ccccc1)OC(=O)CCC(=O)c1ccccc1. The van der Waals surface area contributed by atoms with Crippen molar-refractivity contribution in [2.24, 2.45) is 0 Å². The number of rotatable bonds is 17. The Kier molecular flexibility index (Phi) is 12.8. The largest absolute Gasteiger partial charge is 0.462 e. The molecule has 0 amide bonds. The first-order valence-electron chi connectivity index (χ1n) is 13.6. The van der Waals surface area contributed by atoms with E-state index >= 15 is 0 Å². The molecule has 0 aliphatic rings. The smallest absolute Gasteiger partial charge is 0.306 e. The molecule has 0 saturated carbocycles. The lowest BCUT2D eigenvalue weighted by molar-refractivity contribution is -0.166. The molecule has 0 bridgehead atoms. The average molecular weight is 573 g/mol. The van der Waals surface area contributed by atoms with Gasteiger partial charge in [-0.15, -0.1) is 0 Å². The highest BCUT2D eigenvalue weighted by Crippen LogP contribution is 2.10. The van der Waals surface area contributed by atoms with Gasteiger partial charge < -0.3 is 14.2 Å². The predicted octanol–water partition coefficient (Wildman–Crippen LogP) is 4.97. The third-order valence-corrected chi connectivity index (χ3v) is 6.11. The molecule has 0 saturated heterocycles. The van der Waals surface area contributed by atoms with Crippen LogP contribution in [0, 0.1) is 0 Å². The number of esters is 3. The molecule has 0 aliphatic heterocycles. The number of carbonyl (C=O) groups is 6. The van der Waals surface area contributed by atoms with Crippen LogP contribution in [0.2, 0.25) is 0 Å². The third-order valence-electron chi connectivity index (χ3n) is 6.11. The van der Waals surface area contributed by atoms with E-state index < -0.39 is 37.2 Å². The lowest BCUT2D eigenvalue weighted by Gasteiger charge is -2.18. The van der Waals surface area contributed by atoms with Gasteiger partial charge in [0.2, 0.25) is 0 Å². The Balaban J connectivity index is 1.49. The van der Waals surface area contributed by atoms with Crippen LogP contribution >= 0.6 is 0 Å². The molecule has 0 aromatic heterocycles. The van der Waals surface area contributed by atoms with Crippen molar-refractivity contribution in [1.82, 2.24) is 0 Å². The molecule has 0 aliphatic carbocycles. The highest BCUT2D eigenvalue weighted by Gasteiger charge is 2.21. The van der Waals surface area contributed by atoms with Gasteiger partial charge in [0.15, 0.2) is 23.5 Å². The molecular formula is C33H32O9. The normalized spacial score (nSPS) is 10.5. The van der Waals surface area contributed by atoms with Crippen LogP contribution in [0.25, 0.3) is 0 Å². The van der Waals surface area contributed by atoms with Crippen molar-refractivity contribution in [3.8, 4) is 0 Å². The molecule has 218 valence electrons. The zero-order valence-corrected chi connectivity index (χ0v) is 23.1. The average Bonchev–Trinajstić information content (AvgIpc) is 3.03. The molecule has 0 atom stereocenters. The highest BCUT2D eigenvalue weighted by molar-refractivity contribution is 5.98. The van der Waals surface area contributed by atoms with Crippen molar-refractivity contribution in [2.75, 3.05) is 13.2 Å². The molecule has 42 heavy (non-hydrogen) atoms. The van der Waals surface area contributed by atoms with Crippen LogP contribution in [0.4, 0.5) is 0 Å². The summed E-state index contributed by atoms with van der Waals surface area (Å²) >= 11 is 0. The van der Waals surface area contributed by atoms with Crippen molar-refractivity contribution in [3.05, 3.63) is 108 Å². The Morgan fingerprint density at radius 2 is 0.738 bits per heavy atom. The van der Waals surface area contributed by atoms with E-state index in [-0.39, 0.29) is 55.9 Å². The summed E-state index contributed by atoms with van der Waals surface area (Å²) in [6.45, 7) is -0.847. The summed E-state index contributed by atoms with van der Waals surface area (Å²) in [5.41, 5.74) is 1.40. The number of carbonyl (C=O) groups excluding carboxylic acids is 6. The fourth-order valence-electron chi connectivity index (χ4n) is 3.83. The number of ether oxygens (including phenoxy) is 3. The molecule has 9 nitrogen and oxygen atoms in total. The first-order chi connectivity index (χ1) is 20.3. The summed E-state index contributed by atoms with van der Waals surface area (Å²) in [7, 11) is 0. The molecule has 0 fully saturated rings. The van der Waals surface area contributed by atoms with Crippen LogP contribution in [-0.4, -0.2) is 54.6 Å². The maximum Gasteiger partial charge on any atom is 0.306 e. The van der Waals surface area contributed by atoms with Crippen LogP contribution in [0.3, 0.4) is 0 Å². The number of Topliss-reactive ketones (excluding diaryl/α,β-unsaturated/α-hetero) is 3. The fourth-order valence-corrected chi connectivity index (χ4v) is 3.83. The number of benzene rings is 3. The molecule has 3 aromatic carbocycles. The summed E-state index contributed by atoms with van der Waals surface area (Å²) in [5, 5.41) is 0. The minimum Gasteiger partial charge on any atom is -0.462 e. The molecule has 0 heterocycles. The summed E-state index contributed by atoms with van der Waals surface area (Å²) in [6, 6.07) is 25.5. The highest BCUT2D eigenvalue weighted by atomic mass is 16.6. The predicted molar refractivity (Wildman–Crippen MR) is 152 cm³/mol. The van der Waals surface area contributed by atoms with Gasteiger partial charge >= 0.3 is 17.9 Å². The van der Waals surface area contributed by atoms with Crippen molar-refractivity contribution in [1.29, 1.82) is 0 Å². The van der Waals surface area contributed by atoms with Crippen LogP contribution in [0.1, 0.15) is 69.6 Å². The quantitative estimate of drug-likeness (QED) is 0.125. The first kappa shape index (κ1) is 31.6. The van der Waals surface area contributed by atoms with E-state index in [2.05, 4.69) is 0 Å². The summed E-state index contributed by atoms with van der Waals surface area (Å²) in [4.78, 5) is 73.9. The lowest BCUT2D eigenvalue weighted by Crippen LogP contribution is -2.31. The lowest BCUT2D eigenvalue weighted by atomic mass is 10.1. The second-order valence-electron chi connectivity index (χ2n) is 9.35. The molecular weight excluding hydrogens is 540 g/mol. The van der Waals surface area contributed by atoms with E-state index in [1.165, 1.54) is 0 Å². The second-order valence-corrected chi connectivity index (χ2v) is 9.35. The Bertz CT molecular complexity index is 1280. The maximum absolute atomic E-state index is 12.5. The Morgan fingerprint density at radius 1 is 0.429 bits per heavy atom. The van der Waals surface area contributed by atoms with Gasteiger partial charge in [-0.1, -0.05) is 91.0 Å². The Morgan fingerprint density at radius 3 is 1.07 bits per heavy atom. The van der Waals surface area contributed by atoms with Gasteiger partial charge in [0.25, 0.3) is 0 Å². The third kappa shape index (κ3) is 11.3. The topological polar surface area (TPSA) is 130 Å². The Labute approximate surface area is 243 Å². The van der Waals surface area contributed by atoms with Crippen molar-refractivity contribution in [3.63, 3.8) is 0 Å². The van der Waals surface area contributed by atoms with Crippen molar-refractivity contribution < 1.29 is 43.0 Å². The minimum atomic E-state index is -1.15. The zero-order chi connectivity index (χ0) is 30.2. The fraction of sp³-hybridized carbons (Fsp3) is 0.273. The van der Waals surface area contributed by atoms with Crippen LogP contribution in [0.5, 0.6) is 0 Å². The van der Waals surface area contributed by atoms with Crippen LogP contribution in [-0.2, 0) is 28.6 Å². The molecule has 0 N–H and O–H groups in total. The van der Waals surface area contributed by atoms with Gasteiger partial charge in [-0.2, -0.15) is 0 Å². The van der Waals surface area contributed by atoms with Gasteiger partial charge in [-0.3, -0.25) is 28.8 Å². The first-order valence-corrected chi connectivity index (χ1v) is 13.6. The molecule has 3 rings (SSSR count). The number of ketones is 3. The number of hydrogen-bond donors (Lipinski definition) is 0. The summed E-state index contributed by atoms with van der Waals surface area (Å²) < 4.78 is 15.7. The van der Waals surface area contributed by atoms with Crippen molar-refractivity contribution >= 4 is 35.3 Å². The van der Waals surface area contributed by atoms with E-state index in [0.29, 0.717) is 16.7 Å². The molecule has 0 spiro atoms. The summed E-state index contributed by atoms with van der Waals surface area (Å²) in [5.74, 6) is -2.82. The summed E-state index contributed by atoms with van der Waals surface area (Å²) in [6.07, 6.45) is -2.00. The second kappa shape index (κ2) is 17.0. The van der Waals surface area contributed by atoms with E-state index in [9.17, 15) is 28.8 Å². The van der Waals surface area contributed by atoms with Gasteiger partial charge in [-0.25, -0.2) is 0 Å². The Hall–Kier alpha value is -4.92. The minimum absolute atomic E-state index is 0.0701. The monoisotopic (exact) mass is 572 g/mol. The van der Waals surface area contributed by atoms with E-state index in [0.717, 1.165) is 0 Å². The van der Waals surface area contributed by atoms with Gasteiger partial charge in [0.05, 0.1) is 19.3 Å². The van der Waals surface area contributed by atoms with Gasteiger partial charge in [-0.05, 0) is 0 Å². The van der Waals surface area contributed by atoms with Crippen LogP contribution in [0.15, 0.2) is 91.0 Å². The maximum atomic E-state index is 12.5. The molecule has 9 heteroatoms. The van der Waals surface area contributed by atoms with E-state index in [1.807, 2.05) is 0 Å². The molecule has 0 radical (unpaired) electrons. The zero-order valence-electron chi connectivity index (χ0n) is 23.1. The van der Waals surface area contributed by atoms with Crippen molar-refractivity contribution in [2.45, 2.75) is 44.6 Å². The van der Waals surface area contributed by atoms with E-state index in [1.54, 1.807) is 91.0 Å². The van der Waals surface area contributed by atoms with Crippen LogP contribution < -0.4 is 0 Å². The molecule has 0 unspecified atom stereocenters. The molecule has 3 aromatic rings. The number of hydrogen-bond acceptors (Lipinski definition) is 9. The standard InChI is InChI=1S/C33H32O9/c34-28(24-10-4-1-5-11-24)16-19-31(37)40-22-27(42-33(39)21-18-30(36)26-14-8-3-9-15-26)23-41-32(38)20-17-29(35)25-12-6-2-7-13-25/h1-15,27H,16-23H2.